The standard InChI is InChI=1S/C12H23NO2/c1-3-9-15-10-12(13-11(2)14)7-5-4-6-8-12/h3-10H2,1-2H3,(H,13,14). The highest BCUT2D eigenvalue weighted by atomic mass is 16.5. The van der Waals surface area contributed by atoms with Crippen LogP contribution in [-0.4, -0.2) is 24.7 Å². The Morgan fingerprint density at radius 2 is 2.00 bits per heavy atom. The molecule has 0 aromatic carbocycles. The van der Waals surface area contributed by atoms with E-state index in [9.17, 15) is 4.79 Å². The van der Waals surface area contributed by atoms with Gasteiger partial charge in [-0.1, -0.05) is 26.2 Å². The number of nitrogens with one attached hydrogen (secondary N) is 1. The predicted molar refractivity (Wildman–Crippen MR) is 60.7 cm³/mol. The van der Waals surface area contributed by atoms with E-state index in [1.807, 2.05) is 0 Å². The summed E-state index contributed by atoms with van der Waals surface area (Å²) in [7, 11) is 0. The second kappa shape index (κ2) is 6.11. The summed E-state index contributed by atoms with van der Waals surface area (Å²) in [5.41, 5.74) is -0.0702. The smallest absolute Gasteiger partial charge is 0.217 e. The van der Waals surface area contributed by atoms with Crippen molar-refractivity contribution in [1.82, 2.24) is 5.32 Å². The molecule has 15 heavy (non-hydrogen) atoms. The first kappa shape index (κ1) is 12.5. The van der Waals surface area contributed by atoms with E-state index in [1.165, 1.54) is 19.3 Å². The van der Waals surface area contributed by atoms with Crippen LogP contribution in [-0.2, 0) is 9.53 Å². The fourth-order valence-corrected chi connectivity index (χ4v) is 2.32. The van der Waals surface area contributed by atoms with Crippen molar-refractivity contribution in [3.05, 3.63) is 0 Å². The molecule has 1 amide bonds. The van der Waals surface area contributed by atoms with E-state index in [0.717, 1.165) is 25.9 Å². The second-order valence-electron chi connectivity index (χ2n) is 4.57. The fourth-order valence-electron chi connectivity index (χ4n) is 2.32. The van der Waals surface area contributed by atoms with Gasteiger partial charge in [0.05, 0.1) is 12.1 Å². The van der Waals surface area contributed by atoms with Gasteiger partial charge >= 0.3 is 0 Å². The second-order valence-corrected chi connectivity index (χ2v) is 4.57. The molecule has 1 saturated carbocycles. The van der Waals surface area contributed by atoms with Gasteiger partial charge in [0.2, 0.25) is 5.91 Å². The Hall–Kier alpha value is -0.570. The highest BCUT2D eigenvalue weighted by molar-refractivity contribution is 5.73. The molecule has 0 heterocycles. The summed E-state index contributed by atoms with van der Waals surface area (Å²) in [6.07, 6.45) is 6.86. The van der Waals surface area contributed by atoms with Gasteiger partial charge in [-0.05, 0) is 19.3 Å². The summed E-state index contributed by atoms with van der Waals surface area (Å²) in [5.74, 6) is 0.0667. The van der Waals surface area contributed by atoms with Gasteiger partial charge in [0.15, 0.2) is 0 Å². The van der Waals surface area contributed by atoms with E-state index in [0.29, 0.717) is 6.61 Å². The fraction of sp³-hybridized carbons (Fsp3) is 0.917. The molecule has 1 aliphatic rings. The number of hydrogen-bond acceptors (Lipinski definition) is 2. The average molecular weight is 213 g/mol. The highest BCUT2D eigenvalue weighted by Crippen LogP contribution is 2.28. The van der Waals surface area contributed by atoms with Crippen LogP contribution in [0.3, 0.4) is 0 Å². The summed E-state index contributed by atoms with van der Waals surface area (Å²) < 4.78 is 5.61. The van der Waals surface area contributed by atoms with Crippen molar-refractivity contribution in [2.24, 2.45) is 0 Å². The third-order valence-electron chi connectivity index (χ3n) is 2.98. The first-order chi connectivity index (χ1) is 7.18. The Balaban J connectivity index is 2.46. The Bertz CT molecular complexity index is 198. The van der Waals surface area contributed by atoms with Crippen LogP contribution in [0.25, 0.3) is 0 Å². The lowest BCUT2D eigenvalue weighted by Crippen LogP contribution is -2.52. The predicted octanol–water partition coefficient (Wildman–Crippen LogP) is 2.25. The van der Waals surface area contributed by atoms with Crippen LogP contribution >= 0.6 is 0 Å². The van der Waals surface area contributed by atoms with Crippen molar-refractivity contribution < 1.29 is 9.53 Å². The van der Waals surface area contributed by atoms with E-state index < -0.39 is 0 Å². The molecule has 0 bridgehead atoms. The number of amides is 1. The molecular weight excluding hydrogens is 190 g/mol. The van der Waals surface area contributed by atoms with E-state index in [4.69, 9.17) is 4.74 Å². The van der Waals surface area contributed by atoms with E-state index in [-0.39, 0.29) is 11.4 Å². The topological polar surface area (TPSA) is 38.3 Å². The number of carbonyl (C=O) groups is 1. The van der Waals surface area contributed by atoms with Crippen LogP contribution in [0.2, 0.25) is 0 Å². The number of rotatable bonds is 5. The Labute approximate surface area is 92.6 Å². The van der Waals surface area contributed by atoms with Crippen LogP contribution in [0.15, 0.2) is 0 Å². The first-order valence-electron chi connectivity index (χ1n) is 6.05. The zero-order valence-electron chi connectivity index (χ0n) is 9.97. The SMILES string of the molecule is CCCOCC1(NC(C)=O)CCCCC1. The van der Waals surface area contributed by atoms with E-state index in [2.05, 4.69) is 12.2 Å². The quantitative estimate of drug-likeness (QED) is 0.711. The summed E-state index contributed by atoms with van der Waals surface area (Å²) in [5, 5.41) is 3.09. The molecule has 0 saturated heterocycles. The first-order valence-corrected chi connectivity index (χ1v) is 6.05. The van der Waals surface area contributed by atoms with E-state index >= 15 is 0 Å². The maximum Gasteiger partial charge on any atom is 0.217 e. The molecule has 0 atom stereocenters. The lowest BCUT2D eigenvalue weighted by Gasteiger charge is -2.37. The largest absolute Gasteiger partial charge is 0.379 e. The maximum absolute atomic E-state index is 11.2. The minimum absolute atomic E-state index is 0.0667. The molecule has 3 heteroatoms. The van der Waals surface area contributed by atoms with Gasteiger partial charge in [0, 0.05) is 13.5 Å². The molecule has 0 spiro atoms. The minimum Gasteiger partial charge on any atom is -0.379 e. The molecule has 88 valence electrons. The molecule has 1 N–H and O–H groups in total. The van der Waals surface area contributed by atoms with Crippen LogP contribution in [0.1, 0.15) is 52.4 Å². The van der Waals surface area contributed by atoms with Crippen LogP contribution in [0, 0.1) is 0 Å². The van der Waals surface area contributed by atoms with Crippen molar-refractivity contribution in [3.8, 4) is 0 Å². The Morgan fingerprint density at radius 1 is 1.33 bits per heavy atom. The van der Waals surface area contributed by atoms with Gasteiger partial charge in [-0.15, -0.1) is 0 Å². The third kappa shape index (κ3) is 4.20. The van der Waals surface area contributed by atoms with Gasteiger partial charge < -0.3 is 10.1 Å². The van der Waals surface area contributed by atoms with Gasteiger partial charge in [0.1, 0.15) is 0 Å². The highest BCUT2D eigenvalue weighted by Gasteiger charge is 2.32. The lowest BCUT2D eigenvalue weighted by molar-refractivity contribution is -0.122. The summed E-state index contributed by atoms with van der Waals surface area (Å²) in [6, 6.07) is 0. The van der Waals surface area contributed by atoms with Crippen LogP contribution < -0.4 is 5.32 Å². The van der Waals surface area contributed by atoms with Crippen LogP contribution in [0.5, 0.6) is 0 Å². The third-order valence-corrected chi connectivity index (χ3v) is 2.98. The molecular formula is C12H23NO2. The summed E-state index contributed by atoms with van der Waals surface area (Å²) >= 11 is 0. The Kier molecular flexibility index (Phi) is 5.09. The van der Waals surface area contributed by atoms with Crippen molar-refractivity contribution >= 4 is 5.91 Å². The molecule has 1 aliphatic carbocycles. The molecule has 1 fully saturated rings. The zero-order chi connectivity index (χ0) is 11.1. The summed E-state index contributed by atoms with van der Waals surface area (Å²) in [4.78, 5) is 11.2. The minimum atomic E-state index is -0.0702. The molecule has 3 nitrogen and oxygen atoms in total. The number of ether oxygens (including phenoxy) is 1. The maximum atomic E-state index is 11.2. The Morgan fingerprint density at radius 3 is 2.53 bits per heavy atom. The lowest BCUT2D eigenvalue weighted by atomic mass is 9.82. The molecule has 0 radical (unpaired) electrons. The number of hydrogen-bond donors (Lipinski definition) is 1. The molecule has 1 rings (SSSR count). The number of carbonyl (C=O) groups excluding carboxylic acids is 1. The van der Waals surface area contributed by atoms with Crippen molar-refractivity contribution in [3.63, 3.8) is 0 Å². The van der Waals surface area contributed by atoms with E-state index in [1.54, 1.807) is 6.92 Å². The molecule has 0 aliphatic heterocycles. The monoisotopic (exact) mass is 213 g/mol. The normalized spacial score (nSPS) is 19.9. The van der Waals surface area contributed by atoms with Crippen molar-refractivity contribution in [2.75, 3.05) is 13.2 Å². The van der Waals surface area contributed by atoms with Gasteiger partial charge in [-0.25, -0.2) is 0 Å². The van der Waals surface area contributed by atoms with Crippen molar-refractivity contribution in [1.29, 1.82) is 0 Å². The molecule has 0 aromatic heterocycles. The molecule has 0 aromatic rings. The van der Waals surface area contributed by atoms with Crippen LogP contribution in [0.4, 0.5) is 0 Å². The van der Waals surface area contributed by atoms with Gasteiger partial charge in [-0.2, -0.15) is 0 Å². The molecule has 0 unspecified atom stereocenters. The average Bonchev–Trinajstić information content (AvgIpc) is 2.18. The summed E-state index contributed by atoms with van der Waals surface area (Å²) in [6.45, 7) is 5.17. The zero-order valence-corrected chi connectivity index (χ0v) is 9.97. The van der Waals surface area contributed by atoms with Crippen molar-refractivity contribution in [2.45, 2.75) is 57.9 Å². The van der Waals surface area contributed by atoms with Gasteiger partial charge in [0.25, 0.3) is 0 Å². The van der Waals surface area contributed by atoms with Gasteiger partial charge in [-0.3, -0.25) is 4.79 Å².